The SMILES string of the molecule is NCCc1c[nH]c2ccc(C(=O)NNC=O)cc12. The smallest absolute Gasteiger partial charge is 0.269 e. The van der Waals surface area contributed by atoms with Crippen molar-refractivity contribution in [3.8, 4) is 0 Å². The first-order valence-electron chi connectivity index (χ1n) is 5.56. The summed E-state index contributed by atoms with van der Waals surface area (Å²) >= 11 is 0. The minimum atomic E-state index is -0.358. The number of fused-ring (bicyclic) bond motifs is 1. The second-order valence-corrected chi connectivity index (χ2v) is 3.83. The number of amides is 2. The average molecular weight is 246 g/mol. The van der Waals surface area contributed by atoms with Crippen molar-refractivity contribution in [2.24, 2.45) is 5.73 Å². The van der Waals surface area contributed by atoms with Gasteiger partial charge in [0.2, 0.25) is 6.41 Å². The van der Waals surface area contributed by atoms with Gasteiger partial charge in [-0.1, -0.05) is 0 Å². The van der Waals surface area contributed by atoms with Gasteiger partial charge in [0.15, 0.2) is 0 Å². The Morgan fingerprint density at radius 3 is 3.00 bits per heavy atom. The lowest BCUT2D eigenvalue weighted by Gasteiger charge is -2.03. The second kappa shape index (κ2) is 5.33. The van der Waals surface area contributed by atoms with E-state index in [9.17, 15) is 9.59 Å². The lowest BCUT2D eigenvalue weighted by atomic mass is 10.1. The Morgan fingerprint density at radius 2 is 2.28 bits per heavy atom. The fourth-order valence-electron chi connectivity index (χ4n) is 1.85. The molecule has 0 atom stereocenters. The number of hydrogen-bond donors (Lipinski definition) is 4. The number of aromatic nitrogens is 1. The van der Waals surface area contributed by atoms with Crippen molar-refractivity contribution < 1.29 is 9.59 Å². The van der Waals surface area contributed by atoms with E-state index in [2.05, 4.69) is 15.8 Å². The van der Waals surface area contributed by atoms with Crippen molar-refractivity contribution in [2.75, 3.05) is 6.54 Å². The van der Waals surface area contributed by atoms with E-state index in [1.165, 1.54) is 0 Å². The summed E-state index contributed by atoms with van der Waals surface area (Å²) in [5, 5.41) is 0.971. The van der Waals surface area contributed by atoms with Gasteiger partial charge in [-0.15, -0.1) is 0 Å². The minimum Gasteiger partial charge on any atom is -0.361 e. The van der Waals surface area contributed by atoms with Crippen LogP contribution in [0, 0.1) is 0 Å². The van der Waals surface area contributed by atoms with E-state index in [-0.39, 0.29) is 5.91 Å². The third-order valence-electron chi connectivity index (χ3n) is 2.69. The summed E-state index contributed by atoms with van der Waals surface area (Å²) < 4.78 is 0. The molecule has 1 aromatic heterocycles. The molecule has 0 aliphatic carbocycles. The molecule has 1 aromatic carbocycles. The first kappa shape index (κ1) is 12.1. The van der Waals surface area contributed by atoms with Crippen LogP contribution in [0.3, 0.4) is 0 Å². The average Bonchev–Trinajstić information content (AvgIpc) is 2.79. The molecule has 0 unspecified atom stereocenters. The second-order valence-electron chi connectivity index (χ2n) is 3.83. The summed E-state index contributed by atoms with van der Waals surface area (Å²) in [5.41, 5.74) is 12.4. The molecule has 18 heavy (non-hydrogen) atoms. The molecule has 2 amide bonds. The van der Waals surface area contributed by atoms with Crippen LogP contribution in [0.5, 0.6) is 0 Å². The van der Waals surface area contributed by atoms with Gasteiger partial charge >= 0.3 is 0 Å². The van der Waals surface area contributed by atoms with E-state index in [4.69, 9.17) is 5.73 Å². The highest BCUT2D eigenvalue weighted by atomic mass is 16.2. The van der Waals surface area contributed by atoms with Gasteiger partial charge in [0, 0.05) is 22.7 Å². The van der Waals surface area contributed by atoms with Crippen LogP contribution in [0.25, 0.3) is 10.9 Å². The molecular formula is C12H14N4O2. The maximum absolute atomic E-state index is 11.7. The molecule has 0 fully saturated rings. The first-order chi connectivity index (χ1) is 8.76. The van der Waals surface area contributed by atoms with Crippen LogP contribution in [0.2, 0.25) is 0 Å². The Labute approximate surface area is 104 Å². The van der Waals surface area contributed by atoms with E-state index in [1.807, 2.05) is 12.3 Å². The molecule has 1 heterocycles. The molecule has 0 bridgehead atoms. The topological polar surface area (TPSA) is 100 Å². The van der Waals surface area contributed by atoms with Crippen LogP contribution in [0.4, 0.5) is 0 Å². The number of H-pyrrole nitrogens is 1. The maximum Gasteiger partial charge on any atom is 0.269 e. The molecule has 2 rings (SSSR count). The lowest BCUT2D eigenvalue weighted by Crippen LogP contribution is -2.36. The van der Waals surface area contributed by atoms with Crippen LogP contribution in [0.15, 0.2) is 24.4 Å². The van der Waals surface area contributed by atoms with E-state index in [1.54, 1.807) is 12.1 Å². The number of aromatic amines is 1. The molecule has 0 aliphatic heterocycles. The van der Waals surface area contributed by atoms with Gasteiger partial charge in [-0.05, 0) is 36.7 Å². The predicted octanol–water partition coefficient (Wildman–Crippen LogP) is 0.0599. The van der Waals surface area contributed by atoms with E-state index in [0.717, 1.165) is 22.9 Å². The number of hydrazine groups is 1. The largest absolute Gasteiger partial charge is 0.361 e. The Morgan fingerprint density at radius 1 is 1.44 bits per heavy atom. The van der Waals surface area contributed by atoms with Gasteiger partial charge in [0.1, 0.15) is 0 Å². The van der Waals surface area contributed by atoms with Crippen molar-refractivity contribution >= 4 is 23.2 Å². The Bertz CT molecular complexity index is 576. The lowest BCUT2D eigenvalue weighted by molar-refractivity contribution is -0.110. The normalized spacial score (nSPS) is 10.3. The molecule has 0 radical (unpaired) electrons. The summed E-state index contributed by atoms with van der Waals surface area (Å²) in [4.78, 5) is 24.9. The summed E-state index contributed by atoms with van der Waals surface area (Å²) in [6.45, 7) is 0.552. The molecule has 94 valence electrons. The van der Waals surface area contributed by atoms with Gasteiger partial charge in [0.25, 0.3) is 5.91 Å². The highest BCUT2D eigenvalue weighted by Gasteiger charge is 2.08. The molecule has 5 N–H and O–H groups in total. The van der Waals surface area contributed by atoms with Gasteiger partial charge in [-0.3, -0.25) is 20.4 Å². The van der Waals surface area contributed by atoms with E-state index < -0.39 is 0 Å². The molecule has 0 aliphatic rings. The zero-order valence-corrected chi connectivity index (χ0v) is 9.69. The molecule has 0 spiro atoms. The minimum absolute atomic E-state index is 0.358. The van der Waals surface area contributed by atoms with Gasteiger partial charge in [-0.2, -0.15) is 0 Å². The summed E-state index contributed by atoms with van der Waals surface area (Å²) in [7, 11) is 0. The zero-order valence-electron chi connectivity index (χ0n) is 9.69. The van der Waals surface area contributed by atoms with Crippen molar-refractivity contribution in [2.45, 2.75) is 6.42 Å². The number of carbonyl (C=O) groups is 2. The first-order valence-corrected chi connectivity index (χ1v) is 5.56. The predicted molar refractivity (Wildman–Crippen MR) is 67.7 cm³/mol. The van der Waals surface area contributed by atoms with Gasteiger partial charge in [-0.25, -0.2) is 0 Å². The van der Waals surface area contributed by atoms with E-state index >= 15 is 0 Å². The molecule has 6 nitrogen and oxygen atoms in total. The number of rotatable bonds is 5. The Kier molecular flexibility index (Phi) is 3.59. The number of hydrogen-bond acceptors (Lipinski definition) is 3. The van der Waals surface area contributed by atoms with Crippen LogP contribution in [-0.2, 0) is 11.2 Å². The Hall–Kier alpha value is -2.34. The number of carbonyl (C=O) groups excluding carboxylic acids is 2. The Balaban J connectivity index is 2.32. The highest BCUT2D eigenvalue weighted by Crippen LogP contribution is 2.20. The summed E-state index contributed by atoms with van der Waals surface area (Å²) in [6.07, 6.45) is 3.05. The summed E-state index contributed by atoms with van der Waals surface area (Å²) in [6, 6.07) is 5.29. The number of benzene rings is 1. The molecule has 0 saturated carbocycles. The third-order valence-corrected chi connectivity index (χ3v) is 2.69. The third kappa shape index (κ3) is 2.33. The standard InChI is InChI=1S/C12H14N4O2/c13-4-3-9-6-14-11-2-1-8(5-10(9)11)12(18)16-15-7-17/h1-2,5-7,14H,3-4,13H2,(H,15,17)(H,16,18). The monoisotopic (exact) mass is 246 g/mol. The summed E-state index contributed by atoms with van der Waals surface area (Å²) in [5.74, 6) is -0.358. The van der Waals surface area contributed by atoms with Gasteiger partial charge in [0.05, 0.1) is 0 Å². The van der Waals surface area contributed by atoms with Crippen molar-refractivity contribution in [1.29, 1.82) is 0 Å². The van der Waals surface area contributed by atoms with Crippen LogP contribution in [-0.4, -0.2) is 23.8 Å². The maximum atomic E-state index is 11.7. The number of nitrogens with two attached hydrogens (primary N) is 1. The molecule has 2 aromatic rings. The molecule has 6 heteroatoms. The highest BCUT2D eigenvalue weighted by molar-refractivity contribution is 5.98. The number of nitrogens with one attached hydrogen (secondary N) is 3. The molecular weight excluding hydrogens is 232 g/mol. The van der Waals surface area contributed by atoms with Crippen molar-refractivity contribution in [1.82, 2.24) is 15.8 Å². The van der Waals surface area contributed by atoms with Crippen LogP contribution >= 0.6 is 0 Å². The van der Waals surface area contributed by atoms with Crippen LogP contribution < -0.4 is 16.6 Å². The zero-order chi connectivity index (χ0) is 13.0. The van der Waals surface area contributed by atoms with Gasteiger partial charge < -0.3 is 10.7 Å². The molecule has 0 saturated heterocycles. The van der Waals surface area contributed by atoms with Crippen molar-refractivity contribution in [3.63, 3.8) is 0 Å². The van der Waals surface area contributed by atoms with Crippen molar-refractivity contribution in [3.05, 3.63) is 35.5 Å². The quantitative estimate of drug-likeness (QED) is 0.443. The van der Waals surface area contributed by atoms with E-state index in [0.29, 0.717) is 18.5 Å². The van der Waals surface area contributed by atoms with Crippen LogP contribution in [0.1, 0.15) is 15.9 Å². The fraction of sp³-hybridized carbons (Fsp3) is 0.167. The fourth-order valence-corrected chi connectivity index (χ4v) is 1.85.